The molecule has 0 aromatic heterocycles. The second-order valence-electron chi connectivity index (χ2n) is 5.36. The van der Waals surface area contributed by atoms with E-state index in [9.17, 15) is 4.39 Å². The molecule has 98 valence electrons. The van der Waals surface area contributed by atoms with Crippen molar-refractivity contribution in [3.8, 4) is 12.1 Å². The molecule has 3 nitrogen and oxygen atoms in total. The Morgan fingerprint density at radius 1 is 1.32 bits per heavy atom. The molecule has 19 heavy (non-hydrogen) atoms. The van der Waals surface area contributed by atoms with Gasteiger partial charge in [0.1, 0.15) is 5.82 Å². The minimum atomic E-state index is -0.312. The molecule has 0 bridgehead atoms. The molecule has 1 aromatic carbocycles. The predicted molar refractivity (Wildman–Crippen MR) is 69.3 cm³/mol. The summed E-state index contributed by atoms with van der Waals surface area (Å²) < 4.78 is 13.2. The Morgan fingerprint density at radius 3 is 2.58 bits per heavy atom. The van der Waals surface area contributed by atoms with Crippen molar-refractivity contribution in [2.24, 2.45) is 5.41 Å². The second-order valence-corrected chi connectivity index (χ2v) is 5.36. The summed E-state index contributed by atoms with van der Waals surface area (Å²) in [4.78, 5) is 2.18. The van der Waals surface area contributed by atoms with Crippen molar-refractivity contribution in [1.82, 2.24) is 4.90 Å². The Bertz CT molecular complexity index is 545. The van der Waals surface area contributed by atoms with Crippen LogP contribution < -0.4 is 0 Å². The Morgan fingerprint density at radius 2 is 2.00 bits per heavy atom. The largest absolute Gasteiger partial charge is 0.299 e. The molecule has 1 aliphatic rings. The van der Waals surface area contributed by atoms with Crippen LogP contribution in [0.2, 0.25) is 0 Å². The van der Waals surface area contributed by atoms with Crippen molar-refractivity contribution in [2.75, 3.05) is 13.1 Å². The van der Waals surface area contributed by atoms with Gasteiger partial charge in [0.25, 0.3) is 0 Å². The van der Waals surface area contributed by atoms with Crippen LogP contribution in [0.4, 0.5) is 4.39 Å². The number of benzene rings is 1. The molecule has 0 unspecified atom stereocenters. The van der Waals surface area contributed by atoms with E-state index in [0.717, 1.165) is 31.5 Å². The number of rotatable bonds is 2. The average molecular weight is 257 g/mol. The molecule has 2 rings (SSSR count). The molecule has 1 fully saturated rings. The van der Waals surface area contributed by atoms with Gasteiger partial charge in [-0.1, -0.05) is 0 Å². The summed E-state index contributed by atoms with van der Waals surface area (Å²) in [6, 6.07) is 8.71. The molecule has 1 aliphatic heterocycles. The minimum absolute atomic E-state index is 0.240. The maximum Gasteiger partial charge on any atom is 0.123 e. The van der Waals surface area contributed by atoms with E-state index in [2.05, 4.69) is 17.0 Å². The predicted octanol–water partition coefficient (Wildman–Crippen LogP) is 2.82. The molecule has 1 aromatic rings. The molecule has 0 atom stereocenters. The van der Waals surface area contributed by atoms with Gasteiger partial charge >= 0.3 is 0 Å². The fourth-order valence-electron chi connectivity index (χ4n) is 2.36. The summed E-state index contributed by atoms with van der Waals surface area (Å²) in [5.74, 6) is -0.312. The zero-order chi connectivity index (χ0) is 13.9. The van der Waals surface area contributed by atoms with E-state index in [1.165, 1.54) is 18.2 Å². The molecular formula is C15H16FN3. The fourth-order valence-corrected chi connectivity index (χ4v) is 2.36. The topological polar surface area (TPSA) is 50.8 Å². The molecule has 0 spiro atoms. The van der Waals surface area contributed by atoms with Gasteiger partial charge in [0, 0.05) is 6.54 Å². The molecule has 0 saturated carbocycles. The lowest BCUT2D eigenvalue weighted by Crippen LogP contribution is -2.37. The number of hydrogen-bond acceptors (Lipinski definition) is 3. The smallest absolute Gasteiger partial charge is 0.123 e. The van der Waals surface area contributed by atoms with Crippen molar-refractivity contribution >= 4 is 0 Å². The third-order valence-electron chi connectivity index (χ3n) is 3.81. The van der Waals surface area contributed by atoms with E-state index < -0.39 is 0 Å². The first-order valence-electron chi connectivity index (χ1n) is 6.38. The van der Waals surface area contributed by atoms with Crippen molar-refractivity contribution in [3.63, 3.8) is 0 Å². The SMILES string of the molecule is CC1(C#N)CCN(Cc2cc(F)ccc2C#N)CC1. The van der Waals surface area contributed by atoms with Crippen molar-refractivity contribution in [1.29, 1.82) is 10.5 Å². The van der Waals surface area contributed by atoms with E-state index in [-0.39, 0.29) is 11.2 Å². The highest BCUT2D eigenvalue weighted by molar-refractivity contribution is 5.37. The van der Waals surface area contributed by atoms with E-state index in [1.54, 1.807) is 0 Å². The summed E-state index contributed by atoms with van der Waals surface area (Å²) in [5, 5.41) is 18.1. The van der Waals surface area contributed by atoms with Gasteiger partial charge in [-0.05, 0) is 56.6 Å². The van der Waals surface area contributed by atoms with Crippen LogP contribution in [0, 0.1) is 33.9 Å². The fraction of sp³-hybridized carbons (Fsp3) is 0.467. The quantitative estimate of drug-likeness (QED) is 0.818. The minimum Gasteiger partial charge on any atom is -0.299 e. The number of likely N-dealkylation sites (tertiary alicyclic amines) is 1. The van der Waals surface area contributed by atoms with Crippen LogP contribution >= 0.6 is 0 Å². The van der Waals surface area contributed by atoms with Gasteiger partial charge in [0.2, 0.25) is 0 Å². The monoisotopic (exact) mass is 257 g/mol. The Kier molecular flexibility index (Phi) is 3.83. The first-order chi connectivity index (χ1) is 9.06. The standard InChI is InChI=1S/C15H16FN3/c1-15(11-18)4-6-19(7-5-15)10-13-8-14(16)3-2-12(13)9-17/h2-3,8H,4-7,10H2,1H3. The number of halogens is 1. The van der Waals surface area contributed by atoms with Crippen LogP contribution in [0.1, 0.15) is 30.9 Å². The average Bonchev–Trinajstić information content (AvgIpc) is 2.42. The summed E-state index contributed by atoms with van der Waals surface area (Å²) in [7, 11) is 0. The summed E-state index contributed by atoms with van der Waals surface area (Å²) >= 11 is 0. The molecule has 0 amide bonds. The Labute approximate surface area is 112 Å². The van der Waals surface area contributed by atoms with Crippen molar-refractivity contribution in [3.05, 3.63) is 35.1 Å². The van der Waals surface area contributed by atoms with Gasteiger partial charge in [0.05, 0.1) is 23.1 Å². The molecule has 4 heteroatoms. The van der Waals surface area contributed by atoms with Crippen LogP contribution in [-0.4, -0.2) is 18.0 Å². The number of hydrogen-bond donors (Lipinski definition) is 0. The summed E-state index contributed by atoms with van der Waals surface area (Å²) in [6.45, 7) is 4.17. The van der Waals surface area contributed by atoms with E-state index in [0.29, 0.717) is 12.1 Å². The highest BCUT2D eigenvalue weighted by atomic mass is 19.1. The van der Waals surface area contributed by atoms with Crippen LogP contribution in [0.15, 0.2) is 18.2 Å². The van der Waals surface area contributed by atoms with Gasteiger partial charge in [0.15, 0.2) is 0 Å². The van der Waals surface area contributed by atoms with E-state index >= 15 is 0 Å². The molecule has 0 radical (unpaired) electrons. The Balaban J connectivity index is 2.06. The molecule has 1 heterocycles. The highest BCUT2D eigenvalue weighted by Crippen LogP contribution is 2.30. The van der Waals surface area contributed by atoms with Crippen LogP contribution in [0.25, 0.3) is 0 Å². The highest BCUT2D eigenvalue weighted by Gasteiger charge is 2.29. The van der Waals surface area contributed by atoms with E-state index in [1.807, 2.05) is 6.92 Å². The van der Waals surface area contributed by atoms with Crippen LogP contribution in [0.3, 0.4) is 0 Å². The summed E-state index contributed by atoms with van der Waals surface area (Å²) in [6.07, 6.45) is 1.64. The van der Waals surface area contributed by atoms with Gasteiger partial charge in [-0.2, -0.15) is 10.5 Å². The summed E-state index contributed by atoms with van der Waals surface area (Å²) in [5.41, 5.74) is 1.01. The van der Waals surface area contributed by atoms with Gasteiger partial charge in [-0.3, -0.25) is 4.90 Å². The molecule has 0 N–H and O–H groups in total. The van der Waals surface area contributed by atoms with Crippen molar-refractivity contribution < 1.29 is 4.39 Å². The maximum absolute atomic E-state index is 13.2. The lowest BCUT2D eigenvalue weighted by atomic mass is 9.82. The zero-order valence-electron chi connectivity index (χ0n) is 11.0. The maximum atomic E-state index is 13.2. The van der Waals surface area contributed by atoms with Gasteiger partial charge in [-0.25, -0.2) is 4.39 Å². The molecule has 1 saturated heterocycles. The molecule has 0 aliphatic carbocycles. The zero-order valence-corrected chi connectivity index (χ0v) is 11.0. The number of nitrogens with zero attached hydrogens (tertiary/aromatic N) is 3. The first kappa shape index (κ1) is 13.5. The second kappa shape index (κ2) is 5.38. The lowest BCUT2D eigenvalue weighted by molar-refractivity contribution is 0.150. The first-order valence-corrected chi connectivity index (χ1v) is 6.38. The lowest BCUT2D eigenvalue weighted by Gasteiger charge is -2.35. The van der Waals surface area contributed by atoms with Crippen molar-refractivity contribution in [2.45, 2.75) is 26.3 Å². The third-order valence-corrected chi connectivity index (χ3v) is 3.81. The number of piperidine rings is 1. The van der Waals surface area contributed by atoms with Crippen LogP contribution in [0.5, 0.6) is 0 Å². The van der Waals surface area contributed by atoms with E-state index in [4.69, 9.17) is 10.5 Å². The van der Waals surface area contributed by atoms with Gasteiger partial charge in [-0.15, -0.1) is 0 Å². The van der Waals surface area contributed by atoms with Crippen LogP contribution in [-0.2, 0) is 6.54 Å². The Hall–Kier alpha value is -1.91. The number of nitriles is 2. The third kappa shape index (κ3) is 3.10. The van der Waals surface area contributed by atoms with Gasteiger partial charge < -0.3 is 0 Å². The molecular weight excluding hydrogens is 241 g/mol. The normalized spacial score (nSPS) is 18.5.